The first-order chi connectivity index (χ1) is 6.79. The third-order valence-electron chi connectivity index (χ3n) is 1.70. The monoisotopic (exact) mass is 223 g/mol. The van der Waals surface area contributed by atoms with Crippen LogP contribution in [0.3, 0.4) is 0 Å². The SMILES string of the molecule is CN(O)Cc1cc(F)cc(C(F)(F)F)c1. The zero-order chi connectivity index (χ0) is 11.6. The molecule has 0 saturated heterocycles. The summed E-state index contributed by atoms with van der Waals surface area (Å²) in [5, 5.41) is 9.50. The van der Waals surface area contributed by atoms with Gasteiger partial charge in [-0.15, -0.1) is 0 Å². The Bertz CT molecular complexity index is 348. The smallest absolute Gasteiger partial charge is 0.314 e. The highest BCUT2D eigenvalue weighted by Gasteiger charge is 2.31. The summed E-state index contributed by atoms with van der Waals surface area (Å²) in [6.45, 7) is -0.166. The van der Waals surface area contributed by atoms with Gasteiger partial charge in [0.25, 0.3) is 0 Å². The number of halogens is 4. The Kier molecular flexibility index (Phi) is 3.31. The van der Waals surface area contributed by atoms with E-state index in [4.69, 9.17) is 5.21 Å². The summed E-state index contributed by atoms with van der Waals surface area (Å²) < 4.78 is 49.5. The molecule has 0 aliphatic carbocycles. The Balaban J connectivity index is 3.06. The van der Waals surface area contributed by atoms with Crippen molar-refractivity contribution in [1.82, 2.24) is 5.06 Å². The molecule has 0 bridgehead atoms. The van der Waals surface area contributed by atoms with Crippen LogP contribution in [0.2, 0.25) is 0 Å². The number of hydrogen-bond donors (Lipinski definition) is 1. The van der Waals surface area contributed by atoms with Crippen LogP contribution in [0, 0.1) is 5.82 Å². The quantitative estimate of drug-likeness (QED) is 0.615. The zero-order valence-electron chi connectivity index (χ0n) is 7.85. The molecule has 0 atom stereocenters. The van der Waals surface area contributed by atoms with Crippen molar-refractivity contribution in [2.75, 3.05) is 7.05 Å². The van der Waals surface area contributed by atoms with Gasteiger partial charge in [0.15, 0.2) is 0 Å². The summed E-state index contributed by atoms with van der Waals surface area (Å²) in [7, 11) is 1.26. The molecular weight excluding hydrogens is 214 g/mol. The minimum absolute atomic E-state index is 0.0623. The number of alkyl halides is 3. The molecule has 1 aromatic carbocycles. The third-order valence-corrected chi connectivity index (χ3v) is 1.70. The number of nitrogens with zero attached hydrogens (tertiary/aromatic N) is 1. The van der Waals surface area contributed by atoms with Crippen LogP contribution in [-0.2, 0) is 12.7 Å². The number of hydroxylamine groups is 2. The lowest BCUT2D eigenvalue weighted by atomic mass is 10.1. The lowest BCUT2D eigenvalue weighted by Crippen LogP contribution is -2.13. The van der Waals surface area contributed by atoms with Crippen molar-refractivity contribution in [3.05, 3.63) is 35.1 Å². The van der Waals surface area contributed by atoms with Crippen LogP contribution in [0.4, 0.5) is 17.6 Å². The van der Waals surface area contributed by atoms with Gasteiger partial charge < -0.3 is 5.21 Å². The first-order valence-corrected chi connectivity index (χ1v) is 4.05. The summed E-state index contributed by atoms with van der Waals surface area (Å²) in [6, 6.07) is 2.17. The Hall–Kier alpha value is -1.14. The Morgan fingerprint density at radius 1 is 1.27 bits per heavy atom. The maximum atomic E-state index is 12.8. The van der Waals surface area contributed by atoms with Gasteiger partial charge in [0.2, 0.25) is 0 Å². The topological polar surface area (TPSA) is 23.5 Å². The maximum Gasteiger partial charge on any atom is 0.416 e. The molecular formula is C9H9F4NO. The van der Waals surface area contributed by atoms with Crippen molar-refractivity contribution in [3.8, 4) is 0 Å². The van der Waals surface area contributed by atoms with E-state index in [9.17, 15) is 17.6 Å². The van der Waals surface area contributed by atoms with E-state index in [2.05, 4.69) is 0 Å². The molecule has 0 aliphatic rings. The standard InChI is InChI=1S/C9H9F4NO/c1-14(15)5-6-2-7(9(11,12)13)4-8(10)3-6/h2-4,15H,5H2,1H3. The summed E-state index contributed by atoms with van der Waals surface area (Å²) in [5.41, 5.74) is -0.994. The molecule has 0 spiro atoms. The van der Waals surface area contributed by atoms with Crippen molar-refractivity contribution in [2.45, 2.75) is 12.7 Å². The lowest BCUT2D eigenvalue weighted by Gasteiger charge is -2.11. The van der Waals surface area contributed by atoms with E-state index in [1.165, 1.54) is 7.05 Å². The largest absolute Gasteiger partial charge is 0.416 e. The molecule has 0 fully saturated rings. The first-order valence-electron chi connectivity index (χ1n) is 4.05. The minimum atomic E-state index is -4.58. The summed E-state index contributed by atoms with van der Waals surface area (Å²) in [5.74, 6) is -0.971. The molecule has 1 N–H and O–H groups in total. The molecule has 0 saturated carbocycles. The van der Waals surface area contributed by atoms with Crippen LogP contribution in [0.1, 0.15) is 11.1 Å². The fraction of sp³-hybridized carbons (Fsp3) is 0.333. The predicted octanol–water partition coefficient (Wildman–Crippen LogP) is 2.67. The van der Waals surface area contributed by atoms with Crippen molar-refractivity contribution < 1.29 is 22.8 Å². The van der Waals surface area contributed by atoms with Gasteiger partial charge in [0, 0.05) is 13.6 Å². The fourth-order valence-electron chi connectivity index (χ4n) is 1.17. The van der Waals surface area contributed by atoms with Gasteiger partial charge in [0.05, 0.1) is 5.56 Å². The highest BCUT2D eigenvalue weighted by Crippen LogP contribution is 2.30. The van der Waals surface area contributed by atoms with Crippen LogP contribution in [-0.4, -0.2) is 17.3 Å². The number of hydrogen-bond acceptors (Lipinski definition) is 2. The van der Waals surface area contributed by atoms with E-state index in [-0.39, 0.29) is 12.1 Å². The number of benzene rings is 1. The highest BCUT2D eigenvalue weighted by atomic mass is 19.4. The van der Waals surface area contributed by atoms with Crippen LogP contribution in [0.5, 0.6) is 0 Å². The lowest BCUT2D eigenvalue weighted by molar-refractivity contribution is -0.138. The first kappa shape index (κ1) is 11.9. The van der Waals surface area contributed by atoms with E-state index in [0.29, 0.717) is 11.1 Å². The average molecular weight is 223 g/mol. The normalized spacial score (nSPS) is 12.2. The third kappa shape index (κ3) is 3.49. The van der Waals surface area contributed by atoms with Gasteiger partial charge in [-0.25, -0.2) is 4.39 Å². The Morgan fingerprint density at radius 3 is 2.33 bits per heavy atom. The van der Waals surface area contributed by atoms with Gasteiger partial charge in [0.1, 0.15) is 5.82 Å². The van der Waals surface area contributed by atoms with E-state index >= 15 is 0 Å². The van der Waals surface area contributed by atoms with Crippen LogP contribution in [0.25, 0.3) is 0 Å². The fourth-order valence-corrected chi connectivity index (χ4v) is 1.17. The maximum absolute atomic E-state index is 12.8. The highest BCUT2D eigenvalue weighted by molar-refractivity contribution is 5.26. The molecule has 6 heteroatoms. The average Bonchev–Trinajstić information content (AvgIpc) is 1.99. The number of rotatable bonds is 2. The van der Waals surface area contributed by atoms with E-state index < -0.39 is 17.6 Å². The molecule has 1 rings (SSSR count). The van der Waals surface area contributed by atoms with Gasteiger partial charge in [-0.2, -0.15) is 18.2 Å². The summed E-state index contributed by atoms with van der Waals surface area (Å²) in [6.07, 6.45) is -4.58. The molecule has 0 radical (unpaired) electrons. The van der Waals surface area contributed by atoms with Crippen molar-refractivity contribution in [3.63, 3.8) is 0 Å². The van der Waals surface area contributed by atoms with Gasteiger partial charge in [-0.3, -0.25) is 0 Å². The molecule has 0 aromatic heterocycles. The second-order valence-electron chi connectivity index (χ2n) is 3.16. The molecule has 0 unspecified atom stereocenters. The van der Waals surface area contributed by atoms with E-state index in [0.717, 1.165) is 12.1 Å². The zero-order valence-corrected chi connectivity index (χ0v) is 7.85. The molecule has 0 heterocycles. The molecule has 84 valence electrons. The second-order valence-corrected chi connectivity index (χ2v) is 3.16. The van der Waals surface area contributed by atoms with Gasteiger partial charge >= 0.3 is 6.18 Å². The molecule has 0 amide bonds. The van der Waals surface area contributed by atoms with E-state index in [1.807, 2.05) is 0 Å². The van der Waals surface area contributed by atoms with E-state index in [1.54, 1.807) is 0 Å². The van der Waals surface area contributed by atoms with Crippen molar-refractivity contribution >= 4 is 0 Å². The van der Waals surface area contributed by atoms with Gasteiger partial charge in [-0.1, -0.05) is 0 Å². The van der Waals surface area contributed by atoms with Crippen molar-refractivity contribution in [1.29, 1.82) is 0 Å². The Labute approximate surface area is 83.7 Å². The van der Waals surface area contributed by atoms with Crippen LogP contribution < -0.4 is 0 Å². The molecule has 1 aromatic rings. The summed E-state index contributed by atoms with van der Waals surface area (Å²) in [4.78, 5) is 0. The summed E-state index contributed by atoms with van der Waals surface area (Å²) >= 11 is 0. The molecule has 2 nitrogen and oxygen atoms in total. The minimum Gasteiger partial charge on any atom is -0.314 e. The van der Waals surface area contributed by atoms with Gasteiger partial charge in [-0.05, 0) is 23.8 Å². The predicted molar refractivity (Wildman–Crippen MR) is 44.7 cm³/mol. The molecule has 15 heavy (non-hydrogen) atoms. The Morgan fingerprint density at radius 2 is 1.87 bits per heavy atom. The van der Waals surface area contributed by atoms with Crippen molar-refractivity contribution in [2.24, 2.45) is 0 Å². The van der Waals surface area contributed by atoms with Crippen LogP contribution in [0.15, 0.2) is 18.2 Å². The van der Waals surface area contributed by atoms with Crippen LogP contribution >= 0.6 is 0 Å². The second kappa shape index (κ2) is 4.16. The molecule has 0 aliphatic heterocycles.